The molecule has 0 aliphatic carbocycles. The Bertz CT molecular complexity index is 376. The molecule has 1 aromatic carbocycles. The molecule has 0 spiro atoms. The second-order valence-corrected chi connectivity index (χ2v) is 3.60. The van der Waals surface area contributed by atoms with E-state index in [1.165, 1.54) is 12.1 Å². The molecule has 3 nitrogen and oxygen atoms in total. The Balaban J connectivity index is 2.83. The van der Waals surface area contributed by atoms with Crippen LogP contribution in [0.2, 0.25) is 0 Å². The summed E-state index contributed by atoms with van der Waals surface area (Å²) in [6.45, 7) is 1.11. The Morgan fingerprint density at radius 2 is 1.83 bits per heavy atom. The quantitative estimate of drug-likeness (QED) is 0.752. The molecule has 0 saturated carbocycles. The molecular weight excluding hydrogens is 242 g/mol. The van der Waals surface area contributed by atoms with E-state index in [-0.39, 0.29) is 11.5 Å². The van der Waals surface area contributed by atoms with Crippen molar-refractivity contribution in [1.29, 1.82) is 0 Å². The molecule has 0 N–H and O–H groups in total. The first-order chi connectivity index (χ1) is 8.58. The standard InChI is InChI=1S/C13H16F2O3/c1-3-11(16)12(17-4-2)9-5-7-10(8-6-9)18-13(14)15/h5-8,12-13H,3-4H2,1-2H3. The first kappa shape index (κ1) is 14.6. The molecule has 18 heavy (non-hydrogen) atoms. The highest BCUT2D eigenvalue weighted by atomic mass is 19.3. The summed E-state index contributed by atoms with van der Waals surface area (Å²) in [4.78, 5) is 11.7. The highest BCUT2D eigenvalue weighted by Crippen LogP contribution is 2.23. The summed E-state index contributed by atoms with van der Waals surface area (Å²) < 4.78 is 33.6. The summed E-state index contributed by atoms with van der Waals surface area (Å²) in [5, 5.41) is 0. The van der Waals surface area contributed by atoms with Crippen LogP contribution >= 0.6 is 0 Å². The number of ketones is 1. The zero-order valence-corrected chi connectivity index (χ0v) is 10.4. The lowest BCUT2D eigenvalue weighted by Gasteiger charge is -2.16. The summed E-state index contributed by atoms with van der Waals surface area (Å²) >= 11 is 0. The summed E-state index contributed by atoms with van der Waals surface area (Å²) in [6, 6.07) is 5.92. The lowest BCUT2D eigenvalue weighted by molar-refractivity contribution is -0.130. The van der Waals surface area contributed by atoms with Gasteiger partial charge in [0.2, 0.25) is 0 Å². The van der Waals surface area contributed by atoms with Crippen LogP contribution in [0.1, 0.15) is 31.9 Å². The van der Waals surface area contributed by atoms with Gasteiger partial charge in [0, 0.05) is 13.0 Å². The van der Waals surface area contributed by atoms with E-state index in [1.54, 1.807) is 26.0 Å². The van der Waals surface area contributed by atoms with Gasteiger partial charge in [-0.2, -0.15) is 8.78 Å². The smallest absolute Gasteiger partial charge is 0.387 e. The van der Waals surface area contributed by atoms with E-state index in [4.69, 9.17) is 4.74 Å². The van der Waals surface area contributed by atoms with Crippen molar-refractivity contribution in [2.45, 2.75) is 33.0 Å². The van der Waals surface area contributed by atoms with Gasteiger partial charge in [-0.15, -0.1) is 0 Å². The lowest BCUT2D eigenvalue weighted by atomic mass is 10.0. The van der Waals surface area contributed by atoms with Crippen LogP contribution in [0.4, 0.5) is 8.78 Å². The fourth-order valence-corrected chi connectivity index (χ4v) is 1.55. The third-order valence-corrected chi connectivity index (χ3v) is 2.38. The number of carbonyl (C=O) groups is 1. The van der Waals surface area contributed by atoms with Gasteiger partial charge in [-0.3, -0.25) is 4.79 Å². The zero-order valence-electron chi connectivity index (χ0n) is 10.4. The Morgan fingerprint density at radius 3 is 2.28 bits per heavy atom. The maximum atomic E-state index is 12.0. The minimum Gasteiger partial charge on any atom is -0.435 e. The summed E-state index contributed by atoms with van der Waals surface area (Å²) in [5.41, 5.74) is 0.644. The van der Waals surface area contributed by atoms with Gasteiger partial charge in [-0.05, 0) is 24.6 Å². The number of hydrogen-bond donors (Lipinski definition) is 0. The van der Waals surface area contributed by atoms with Crippen LogP contribution < -0.4 is 4.74 Å². The first-order valence-electron chi connectivity index (χ1n) is 5.77. The van der Waals surface area contributed by atoms with E-state index in [2.05, 4.69) is 4.74 Å². The molecule has 0 saturated heterocycles. The van der Waals surface area contributed by atoms with E-state index < -0.39 is 12.7 Å². The molecule has 1 unspecified atom stereocenters. The van der Waals surface area contributed by atoms with Crippen LogP contribution in [0, 0.1) is 0 Å². The first-order valence-corrected chi connectivity index (χ1v) is 5.77. The van der Waals surface area contributed by atoms with Gasteiger partial charge in [-0.1, -0.05) is 19.1 Å². The average Bonchev–Trinajstić information content (AvgIpc) is 2.35. The fourth-order valence-electron chi connectivity index (χ4n) is 1.55. The molecule has 0 heterocycles. The molecule has 1 atom stereocenters. The monoisotopic (exact) mass is 258 g/mol. The van der Waals surface area contributed by atoms with Crippen LogP contribution in [0.5, 0.6) is 5.75 Å². The van der Waals surface area contributed by atoms with Crippen molar-refractivity contribution in [3.05, 3.63) is 29.8 Å². The SMILES string of the molecule is CCOC(C(=O)CC)c1ccc(OC(F)F)cc1. The number of ether oxygens (including phenoxy) is 2. The topological polar surface area (TPSA) is 35.5 Å². The second-order valence-electron chi connectivity index (χ2n) is 3.60. The van der Waals surface area contributed by atoms with Gasteiger partial charge < -0.3 is 9.47 Å². The maximum absolute atomic E-state index is 12.0. The highest BCUT2D eigenvalue weighted by molar-refractivity contribution is 5.84. The van der Waals surface area contributed by atoms with E-state index >= 15 is 0 Å². The largest absolute Gasteiger partial charge is 0.435 e. The molecule has 1 rings (SSSR count). The van der Waals surface area contributed by atoms with Crippen molar-refractivity contribution >= 4 is 5.78 Å². The predicted molar refractivity (Wildman–Crippen MR) is 62.7 cm³/mol. The molecule has 0 amide bonds. The molecule has 0 radical (unpaired) electrons. The number of carbonyl (C=O) groups excluding carboxylic acids is 1. The van der Waals surface area contributed by atoms with Crippen molar-refractivity contribution in [3.63, 3.8) is 0 Å². The van der Waals surface area contributed by atoms with Crippen molar-refractivity contribution in [3.8, 4) is 5.75 Å². The van der Waals surface area contributed by atoms with Crippen LogP contribution in [0.15, 0.2) is 24.3 Å². The van der Waals surface area contributed by atoms with Gasteiger partial charge in [0.1, 0.15) is 11.9 Å². The minimum atomic E-state index is -2.85. The predicted octanol–water partition coefficient (Wildman–Crippen LogP) is 3.34. The summed E-state index contributed by atoms with van der Waals surface area (Å²) in [7, 11) is 0. The van der Waals surface area contributed by atoms with Crippen molar-refractivity contribution in [1.82, 2.24) is 0 Å². The minimum absolute atomic E-state index is 0.0422. The lowest BCUT2D eigenvalue weighted by Crippen LogP contribution is -2.15. The normalized spacial score (nSPS) is 12.5. The Labute approximate surface area is 105 Å². The maximum Gasteiger partial charge on any atom is 0.387 e. The van der Waals surface area contributed by atoms with Gasteiger partial charge in [0.05, 0.1) is 0 Å². The van der Waals surface area contributed by atoms with Crippen molar-refractivity contribution in [2.24, 2.45) is 0 Å². The zero-order chi connectivity index (χ0) is 13.5. The van der Waals surface area contributed by atoms with Crippen LogP contribution in [-0.2, 0) is 9.53 Å². The number of rotatable bonds is 7. The number of halogens is 2. The third kappa shape index (κ3) is 4.07. The summed E-state index contributed by atoms with van der Waals surface area (Å²) in [6.07, 6.45) is -0.277. The fraction of sp³-hybridized carbons (Fsp3) is 0.462. The van der Waals surface area contributed by atoms with Crippen molar-refractivity contribution < 1.29 is 23.0 Å². The second kappa shape index (κ2) is 7.06. The number of benzene rings is 1. The van der Waals surface area contributed by atoms with Crippen LogP contribution in [0.3, 0.4) is 0 Å². The number of Topliss-reactive ketones (excluding diaryl/α,β-unsaturated/α-hetero) is 1. The van der Waals surface area contributed by atoms with E-state index in [9.17, 15) is 13.6 Å². The van der Waals surface area contributed by atoms with E-state index in [1.807, 2.05) is 0 Å². The van der Waals surface area contributed by atoms with Gasteiger partial charge in [0.25, 0.3) is 0 Å². The van der Waals surface area contributed by atoms with Crippen molar-refractivity contribution in [2.75, 3.05) is 6.61 Å². The molecule has 0 aliphatic rings. The highest BCUT2D eigenvalue weighted by Gasteiger charge is 2.19. The van der Waals surface area contributed by atoms with Gasteiger partial charge in [0.15, 0.2) is 5.78 Å². The summed E-state index contributed by atoms with van der Waals surface area (Å²) in [5.74, 6) is 0.0207. The van der Waals surface area contributed by atoms with Gasteiger partial charge in [-0.25, -0.2) is 0 Å². The van der Waals surface area contributed by atoms with Gasteiger partial charge >= 0.3 is 6.61 Å². The Kier molecular flexibility index (Phi) is 5.71. The van der Waals surface area contributed by atoms with Crippen LogP contribution in [0.25, 0.3) is 0 Å². The third-order valence-electron chi connectivity index (χ3n) is 2.38. The molecule has 0 aromatic heterocycles. The molecule has 100 valence electrons. The molecule has 5 heteroatoms. The number of hydrogen-bond acceptors (Lipinski definition) is 3. The average molecular weight is 258 g/mol. The number of alkyl halides is 2. The molecule has 0 bridgehead atoms. The molecule has 0 fully saturated rings. The molecular formula is C13H16F2O3. The van der Waals surface area contributed by atoms with E-state index in [0.29, 0.717) is 18.6 Å². The van der Waals surface area contributed by atoms with E-state index in [0.717, 1.165) is 0 Å². The molecule has 1 aromatic rings. The van der Waals surface area contributed by atoms with Crippen LogP contribution in [-0.4, -0.2) is 19.0 Å². The Morgan fingerprint density at radius 1 is 1.22 bits per heavy atom. The molecule has 0 aliphatic heterocycles. The Hall–Kier alpha value is -1.49.